The number of H-pyrrole nitrogens is 1. The fourth-order valence-electron chi connectivity index (χ4n) is 3.06. The van der Waals surface area contributed by atoms with Gasteiger partial charge in [0, 0.05) is 24.4 Å². The van der Waals surface area contributed by atoms with Crippen LogP contribution in [0.2, 0.25) is 0 Å². The van der Waals surface area contributed by atoms with Crippen LogP contribution in [0.1, 0.15) is 37.6 Å². The molecule has 0 radical (unpaired) electrons. The quantitative estimate of drug-likeness (QED) is 0.327. The van der Waals surface area contributed by atoms with Gasteiger partial charge in [-0.3, -0.25) is 25.0 Å². The molecule has 0 saturated heterocycles. The van der Waals surface area contributed by atoms with Crippen LogP contribution >= 0.6 is 0 Å². The molecule has 3 atom stereocenters. The first kappa shape index (κ1) is 22.9. The Balaban J connectivity index is 2.26. The molecule has 2 aromatic rings. The summed E-state index contributed by atoms with van der Waals surface area (Å²) in [5, 5.41) is 35.8. The molecule has 1 aromatic carbocycles. The van der Waals surface area contributed by atoms with Crippen molar-refractivity contribution in [3.8, 4) is 0 Å². The van der Waals surface area contributed by atoms with Crippen LogP contribution in [0, 0.1) is 26.1 Å². The highest BCUT2D eigenvalue weighted by Gasteiger charge is 2.32. The number of aliphatic hydroxyl groups is 1. The summed E-state index contributed by atoms with van der Waals surface area (Å²) in [5.74, 6) is -0.509. The van der Waals surface area contributed by atoms with E-state index in [0.29, 0.717) is 12.1 Å². The van der Waals surface area contributed by atoms with Crippen molar-refractivity contribution in [2.24, 2.45) is 11.7 Å². The highest BCUT2D eigenvalue weighted by atomic mass is 16.6. The van der Waals surface area contributed by atoms with Gasteiger partial charge in [-0.1, -0.05) is 13.8 Å². The largest absolute Gasteiger partial charge is 0.386 e. The zero-order chi connectivity index (χ0) is 22.4. The predicted molar refractivity (Wildman–Crippen MR) is 106 cm³/mol. The van der Waals surface area contributed by atoms with Crippen LogP contribution in [0.15, 0.2) is 30.7 Å². The molecule has 12 heteroatoms. The summed E-state index contributed by atoms with van der Waals surface area (Å²) in [4.78, 5) is 40.0. The van der Waals surface area contributed by atoms with E-state index in [1.165, 1.54) is 12.5 Å². The maximum Gasteiger partial charge on any atom is 0.282 e. The van der Waals surface area contributed by atoms with Crippen LogP contribution in [-0.4, -0.2) is 42.9 Å². The van der Waals surface area contributed by atoms with Gasteiger partial charge in [0.05, 0.1) is 39.9 Å². The number of amides is 1. The van der Waals surface area contributed by atoms with Crippen LogP contribution in [0.4, 0.5) is 11.4 Å². The Bertz CT molecular complexity index is 901. The number of hydrogen-bond acceptors (Lipinski definition) is 8. The normalized spacial score (nSPS) is 14.2. The number of rotatable bonds is 10. The van der Waals surface area contributed by atoms with E-state index >= 15 is 0 Å². The second-order valence-electron chi connectivity index (χ2n) is 7.33. The van der Waals surface area contributed by atoms with Crippen molar-refractivity contribution in [1.82, 2.24) is 15.3 Å². The number of hydrogen-bond donors (Lipinski definition) is 4. The van der Waals surface area contributed by atoms with Gasteiger partial charge in [-0.05, 0) is 18.4 Å². The van der Waals surface area contributed by atoms with Crippen LogP contribution in [-0.2, 0) is 11.2 Å². The molecule has 1 heterocycles. The van der Waals surface area contributed by atoms with E-state index in [9.17, 15) is 30.1 Å². The number of nitro groups is 2. The van der Waals surface area contributed by atoms with Gasteiger partial charge in [0.1, 0.15) is 6.10 Å². The second kappa shape index (κ2) is 9.89. The number of benzene rings is 1. The average molecular weight is 420 g/mol. The molecule has 0 spiro atoms. The number of nitrogens with two attached hydrogens (primary N) is 1. The van der Waals surface area contributed by atoms with Crippen molar-refractivity contribution in [1.29, 1.82) is 0 Å². The third kappa shape index (κ3) is 5.81. The molecule has 0 aliphatic rings. The molecule has 30 heavy (non-hydrogen) atoms. The van der Waals surface area contributed by atoms with Crippen molar-refractivity contribution in [3.63, 3.8) is 0 Å². The summed E-state index contributed by atoms with van der Waals surface area (Å²) in [6.07, 6.45) is 2.02. The van der Waals surface area contributed by atoms with Crippen LogP contribution in [0.25, 0.3) is 0 Å². The van der Waals surface area contributed by atoms with Gasteiger partial charge >= 0.3 is 0 Å². The minimum Gasteiger partial charge on any atom is -0.386 e. The lowest BCUT2D eigenvalue weighted by molar-refractivity contribution is -0.395. The molecule has 2 rings (SSSR count). The fourth-order valence-corrected chi connectivity index (χ4v) is 3.06. The molecule has 162 valence electrons. The zero-order valence-electron chi connectivity index (χ0n) is 16.5. The van der Waals surface area contributed by atoms with Crippen molar-refractivity contribution in [2.45, 2.75) is 44.9 Å². The molecular weight excluding hydrogens is 396 g/mol. The van der Waals surface area contributed by atoms with E-state index in [4.69, 9.17) is 5.73 Å². The van der Waals surface area contributed by atoms with Gasteiger partial charge in [0.25, 0.3) is 11.4 Å². The Labute approximate surface area is 171 Å². The van der Waals surface area contributed by atoms with Crippen LogP contribution in [0.3, 0.4) is 0 Å². The smallest absolute Gasteiger partial charge is 0.282 e. The van der Waals surface area contributed by atoms with E-state index in [1.54, 1.807) is 0 Å². The number of carbonyl (C=O) groups excluding carboxylic acids is 1. The summed E-state index contributed by atoms with van der Waals surface area (Å²) in [7, 11) is 0. The topological polar surface area (TPSA) is 190 Å². The van der Waals surface area contributed by atoms with Gasteiger partial charge in [-0.2, -0.15) is 0 Å². The summed E-state index contributed by atoms with van der Waals surface area (Å²) in [5.41, 5.74) is 5.40. The molecule has 5 N–H and O–H groups in total. The molecule has 0 bridgehead atoms. The minimum absolute atomic E-state index is 0.0332. The van der Waals surface area contributed by atoms with Crippen LogP contribution < -0.4 is 11.1 Å². The third-order valence-corrected chi connectivity index (χ3v) is 4.51. The SMILES string of the molecule is CC(C)C[C@H](NC(=O)[C@@H](N)Cc1cnc[nH]1)C(O)c1ccc([N+](=O)[O-])cc1[N+](=O)[O-]. The maximum absolute atomic E-state index is 12.6. The summed E-state index contributed by atoms with van der Waals surface area (Å²) < 4.78 is 0. The molecule has 12 nitrogen and oxygen atoms in total. The van der Waals surface area contributed by atoms with Gasteiger partial charge in [-0.25, -0.2) is 4.98 Å². The van der Waals surface area contributed by atoms with Gasteiger partial charge in [0.15, 0.2) is 0 Å². The Morgan fingerprint density at radius 3 is 2.53 bits per heavy atom. The van der Waals surface area contributed by atoms with Crippen LogP contribution in [0.5, 0.6) is 0 Å². The first-order valence-corrected chi connectivity index (χ1v) is 9.24. The Morgan fingerprint density at radius 1 is 1.30 bits per heavy atom. The lowest BCUT2D eigenvalue weighted by Gasteiger charge is -2.27. The van der Waals surface area contributed by atoms with Crippen molar-refractivity contribution >= 4 is 17.3 Å². The first-order chi connectivity index (χ1) is 14.1. The number of aromatic amines is 1. The number of imidazole rings is 1. The minimum atomic E-state index is -1.46. The number of nitro benzene ring substituents is 2. The Morgan fingerprint density at radius 2 is 2.00 bits per heavy atom. The molecule has 1 aromatic heterocycles. The number of aliphatic hydroxyl groups excluding tert-OH is 1. The van der Waals surface area contributed by atoms with E-state index in [1.807, 2.05) is 13.8 Å². The highest BCUT2D eigenvalue weighted by molar-refractivity contribution is 5.82. The summed E-state index contributed by atoms with van der Waals surface area (Å²) in [6.45, 7) is 3.72. The highest BCUT2D eigenvalue weighted by Crippen LogP contribution is 2.32. The molecule has 0 aliphatic carbocycles. The Hall–Kier alpha value is -3.38. The molecule has 0 fully saturated rings. The standard InChI is InChI=1S/C18H24N6O6/c1-10(2)5-15(22-18(26)14(19)6-11-8-20-9-21-11)17(25)13-4-3-12(23(27)28)7-16(13)24(29)30/h3-4,7-10,14-15,17,25H,5-6,19H2,1-2H3,(H,20,21)(H,22,26)/t14-,15-,17?/m0/s1. The average Bonchev–Trinajstić information content (AvgIpc) is 3.18. The van der Waals surface area contributed by atoms with E-state index in [-0.39, 0.29) is 17.9 Å². The molecule has 1 amide bonds. The van der Waals surface area contributed by atoms with Crippen molar-refractivity contribution in [2.75, 3.05) is 0 Å². The summed E-state index contributed by atoms with van der Waals surface area (Å²) in [6, 6.07) is 1.18. The zero-order valence-corrected chi connectivity index (χ0v) is 16.5. The first-order valence-electron chi connectivity index (χ1n) is 9.24. The second-order valence-corrected chi connectivity index (χ2v) is 7.33. The molecule has 0 saturated carbocycles. The lowest BCUT2D eigenvalue weighted by Crippen LogP contribution is -2.48. The van der Waals surface area contributed by atoms with E-state index in [2.05, 4.69) is 15.3 Å². The maximum atomic E-state index is 12.6. The molecule has 1 unspecified atom stereocenters. The van der Waals surface area contributed by atoms with E-state index < -0.39 is 45.3 Å². The monoisotopic (exact) mass is 420 g/mol. The predicted octanol–water partition coefficient (Wildman–Crippen LogP) is 1.36. The Kier molecular flexibility index (Phi) is 7.55. The molecular formula is C18H24N6O6. The number of nitrogens with one attached hydrogen (secondary N) is 2. The molecule has 0 aliphatic heterocycles. The number of nitrogens with zero attached hydrogens (tertiary/aromatic N) is 3. The van der Waals surface area contributed by atoms with Gasteiger partial charge < -0.3 is 21.1 Å². The van der Waals surface area contributed by atoms with Crippen molar-refractivity contribution in [3.05, 3.63) is 62.2 Å². The third-order valence-electron chi connectivity index (χ3n) is 4.51. The van der Waals surface area contributed by atoms with E-state index in [0.717, 1.165) is 18.2 Å². The number of carbonyl (C=O) groups is 1. The number of aromatic nitrogens is 2. The summed E-state index contributed by atoms with van der Waals surface area (Å²) >= 11 is 0. The van der Waals surface area contributed by atoms with Gasteiger partial charge in [-0.15, -0.1) is 0 Å². The van der Waals surface area contributed by atoms with Crippen molar-refractivity contribution < 1.29 is 19.7 Å². The fraction of sp³-hybridized carbons (Fsp3) is 0.444. The van der Waals surface area contributed by atoms with Gasteiger partial charge in [0.2, 0.25) is 5.91 Å². The lowest BCUT2D eigenvalue weighted by atomic mass is 9.93. The number of non-ortho nitro benzene ring substituents is 1.